The highest BCUT2D eigenvalue weighted by atomic mass is 16.6. The van der Waals surface area contributed by atoms with Crippen LogP contribution in [0.5, 0.6) is 0 Å². The first-order valence-corrected chi connectivity index (χ1v) is 4.61. The smallest absolute Gasteiger partial charge is 0.272 e. The van der Waals surface area contributed by atoms with Crippen molar-refractivity contribution in [3.05, 3.63) is 46.0 Å². The third kappa shape index (κ3) is 2.41. The van der Waals surface area contributed by atoms with E-state index in [9.17, 15) is 10.1 Å². The second kappa shape index (κ2) is 4.70. The van der Waals surface area contributed by atoms with E-state index in [1.165, 1.54) is 6.07 Å². The number of rotatable bonds is 4. The van der Waals surface area contributed by atoms with E-state index in [-0.39, 0.29) is 18.2 Å². The number of hydrogen-bond donors (Lipinski definition) is 1. The molecule has 15 heavy (non-hydrogen) atoms. The number of aliphatic hydroxyl groups is 1. The van der Waals surface area contributed by atoms with E-state index in [0.717, 1.165) is 5.56 Å². The molecule has 0 bridgehead atoms. The van der Waals surface area contributed by atoms with Gasteiger partial charge in [-0.15, -0.1) is 0 Å². The number of aliphatic hydroxyl groups excluding tert-OH is 1. The van der Waals surface area contributed by atoms with Crippen molar-refractivity contribution >= 4 is 11.8 Å². The quantitative estimate of drug-likeness (QED) is 0.608. The highest BCUT2D eigenvalue weighted by molar-refractivity contribution is 5.54. The summed E-state index contributed by atoms with van der Waals surface area (Å²) in [7, 11) is 0. The topological polar surface area (TPSA) is 63.4 Å². The zero-order valence-electron chi connectivity index (χ0n) is 8.51. The summed E-state index contributed by atoms with van der Waals surface area (Å²) < 4.78 is 0. The van der Waals surface area contributed by atoms with E-state index < -0.39 is 4.92 Å². The highest BCUT2D eigenvalue weighted by Gasteiger charge is 2.18. The van der Waals surface area contributed by atoms with Crippen molar-refractivity contribution in [3.63, 3.8) is 0 Å². The van der Waals surface area contributed by atoms with Crippen LogP contribution in [0.15, 0.2) is 24.8 Å². The number of nitro benzene ring substituents is 1. The van der Waals surface area contributed by atoms with Gasteiger partial charge in [0.25, 0.3) is 5.69 Å². The van der Waals surface area contributed by atoms with Gasteiger partial charge in [0.1, 0.15) is 0 Å². The number of nitro groups is 1. The minimum Gasteiger partial charge on any atom is -0.396 e. The molecule has 1 unspecified atom stereocenters. The van der Waals surface area contributed by atoms with Gasteiger partial charge >= 0.3 is 0 Å². The Kier molecular flexibility index (Phi) is 3.57. The lowest BCUT2D eigenvalue weighted by Gasteiger charge is -2.09. The van der Waals surface area contributed by atoms with Crippen LogP contribution in [0.4, 0.5) is 5.69 Å². The standard InChI is InChI=1S/C11H13NO3/c1-3-9-4-5-11(12(14)15)10(6-9)8(2)7-13/h3-6,8,13H,1,7H2,2H3. The van der Waals surface area contributed by atoms with E-state index in [0.29, 0.717) is 5.56 Å². The Balaban J connectivity index is 3.28. The van der Waals surface area contributed by atoms with E-state index in [4.69, 9.17) is 5.11 Å². The van der Waals surface area contributed by atoms with Crippen LogP contribution >= 0.6 is 0 Å². The predicted molar refractivity (Wildman–Crippen MR) is 58.7 cm³/mol. The van der Waals surface area contributed by atoms with Gasteiger partial charge < -0.3 is 5.11 Å². The Morgan fingerprint density at radius 2 is 2.33 bits per heavy atom. The van der Waals surface area contributed by atoms with Crippen LogP contribution < -0.4 is 0 Å². The monoisotopic (exact) mass is 207 g/mol. The normalized spacial score (nSPS) is 12.1. The molecule has 0 aromatic heterocycles. The van der Waals surface area contributed by atoms with Gasteiger partial charge in [0, 0.05) is 24.2 Å². The largest absolute Gasteiger partial charge is 0.396 e. The molecular weight excluding hydrogens is 194 g/mol. The lowest BCUT2D eigenvalue weighted by molar-refractivity contribution is -0.385. The summed E-state index contributed by atoms with van der Waals surface area (Å²) in [5, 5.41) is 19.7. The minimum atomic E-state index is -0.436. The first kappa shape index (κ1) is 11.4. The molecule has 0 saturated heterocycles. The third-order valence-electron chi connectivity index (χ3n) is 2.29. The molecule has 1 aromatic carbocycles. The second-order valence-electron chi connectivity index (χ2n) is 3.36. The van der Waals surface area contributed by atoms with Crippen molar-refractivity contribution < 1.29 is 10.0 Å². The van der Waals surface area contributed by atoms with Crippen LogP contribution in [0.25, 0.3) is 6.08 Å². The summed E-state index contributed by atoms with van der Waals surface area (Å²) in [6.07, 6.45) is 1.62. The van der Waals surface area contributed by atoms with Crippen LogP contribution in [-0.2, 0) is 0 Å². The van der Waals surface area contributed by atoms with Gasteiger partial charge in [-0.1, -0.05) is 19.6 Å². The molecule has 0 amide bonds. The number of hydrogen-bond acceptors (Lipinski definition) is 3. The molecule has 0 aliphatic carbocycles. The average molecular weight is 207 g/mol. The molecule has 0 aliphatic rings. The molecule has 0 aliphatic heterocycles. The van der Waals surface area contributed by atoms with E-state index in [2.05, 4.69) is 6.58 Å². The fourth-order valence-electron chi connectivity index (χ4n) is 1.36. The lowest BCUT2D eigenvalue weighted by atomic mass is 9.98. The fraction of sp³-hybridized carbons (Fsp3) is 0.273. The molecule has 0 fully saturated rings. The Labute approximate surface area is 88.0 Å². The Hall–Kier alpha value is -1.68. The Morgan fingerprint density at radius 3 is 2.80 bits per heavy atom. The molecule has 1 aromatic rings. The van der Waals surface area contributed by atoms with Gasteiger partial charge in [0.15, 0.2) is 0 Å². The first-order chi connectivity index (χ1) is 7.10. The first-order valence-electron chi connectivity index (χ1n) is 4.61. The average Bonchev–Trinajstić information content (AvgIpc) is 2.26. The summed E-state index contributed by atoms with van der Waals surface area (Å²) in [4.78, 5) is 10.3. The molecule has 1 atom stereocenters. The van der Waals surface area contributed by atoms with Gasteiger partial charge in [-0.25, -0.2) is 0 Å². The summed E-state index contributed by atoms with van der Waals surface area (Å²) in [6.45, 7) is 5.23. The molecule has 0 spiro atoms. The maximum absolute atomic E-state index is 10.7. The third-order valence-corrected chi connectivity index (χ3v) is 2.29. The van der Waals surface area contributed by atoms with Crippen molar-refractivity contribution in [2.75, 3.05) is 6.61 Å². The lowest BCUT2D eigenvalue weighted by Crippen LogP contribution is -2.03. The van der Waals surface area contributed by atoms with Gasteiger partial charge in [-0.2, -0.15) is 0 Å². The summed E-state index contributed by atoms with van der Waals surface area (Å²) in [6, 6.07) is 4.77. The van der Waals surface area contributed by atoms with E-state index in [1.807, 2.05) is 0 Å². The highest BCUT2D eigenvalue weighted by Crippen LogP contribution is 2.27. The summed E-state index contributed by atoms with van der Waals surface area (Å²) in [5.41, 5.74) is 1.40. The Bertz CT molecular complexity index is 387. The van der Waals surface area contributed by atoms with Crippen LogP contribution in [-0.4, -0.2) is 16.6 Å². The molecule has 1 rings (SSSR count). The van der Waals surface area contributed by atoms with Crippen LogP contribution in [0, 0.1) is 10.1 Å². The van der Waals surface area contributed by atoms with Crippen molar-refractivity contribution in [1.29, 1.82) is 0 Å². The van der Waals surface area contributed by atoms with Crippen molar-refractivity contribution in [1.82, 2.24) is 0 Å². The van der Waals surface area contributed by atoms with Crippen molar-refractivity contribution in [2.45, 2.75) is 12.8 Å². The van der Waals surface area contributed by atoms with Gasteiger partial charge in [0.05, 0.1) is 4.92 Å². The van der Waals surface area contributed by atoms with E-state index >= 15 is 0 Å². The molecule has 0 saturated carbocycles. The Morgan fingerprint density at radius 1 is 1.67 bits per heavy atom. The molecule has 4 nitrogen and oxygen atoms in total. The molecule has 0 heterocycles. The molecule has 4 heteroatoms. The zero-order chi connectivity index (χ0) is 11.4. The van der Waals surface area contributed by atoms with Gasteiger partial charge in [-0.3, -0.25) is 10.1 Å². The van der Waals surface area contributed by atoms with Gasteiger partial charge in [0.2, 0.25) is 0 Å². The molecular formula is C11H13NO3. The molecule has 1 N–H and O–H groups in total. The SMILES string of the molecule is C=Cc1ccc([N+](=O)[O-])c(C(C)CO)c1. The molecule has 80 valence electrons. The van der Waals surface area contributed by atoms with E-state index in [1.54, 1.807) is 25.1 Å². The van der Waals surface area contributed by atoms with Crippen LogP contribution in [0.2, 0.25) is 0 Å². The van der Waals surface area contributed by atoms with Gasteiger partial charge in [-0.05, 0) is 17.7 Å². The number of nitrogens with zero attached hydrogens (tertiary/aromatic N) is 1. The fourth-order valence-corrected chi connectivity index (χ4v) is 1.36. The summed E-state index contributed by atoms with van der Waals surface area (Å²) in [5.74, 6) is -0.245. The maximum Gasteiger partial charge on any atom is 0.272 e. The summed E-state index contributed by atoms with van der Waals surface area (Å²) >= 11 is 0. The van der Waals surface area contributed by atoms with Crippen LogP contribution in [0.1, 0.15) is 24.0 Å². The van der Waals surface area contributed by atoms with Crippen molar-refractivity contribution in [3.8, 4) is 0 Å². The second-order valence-corrected chi connectivity index (χ2v) is 3.36. The van der Waals surface area contributed by atoms with Crippen molar-refractivity contribution in [2.24, 2.45) is 0 Å². The van der Waals surface area contributed by atoms with Crippen LogP contribution in [0.3, 0.4) is 0 Å². The minimum absolute atomic E-state index is 0.0437. The zero-order valence-corrected chi connectivity index (χ0v) is 8.51. The predicted octanol–water partition coefficient (Wildman–Crippen LogP) is 2.33. The maximum atomic E-state index is 10.7. The molecule has 0 radical (unpaired) electrons. The number of benzene rings is 1.